The summed E-state index contributed by atoms with van der Waals surface area (Å²) in [5.74, 6) is -1.38. The van der Waals surface area contributed by atoms with Gasteiger partial charge in [0, 0.05) is 29.9 Å². The zero-order valence-corrected chi connectivity index (χ0v) is 18.0. The molecular formula is C23H22N2O5S. The van der Waals surface area contributed by atoms with E-state index >= 15 is 0 Å². The van der Waals surface area contributed by atoms with Crippen molar-refractivity contribution < 1.29 is 23.1 Å². The molecule has 0 atom stereocenters. The van der Waals surface area contributed by atoms with Crippen LogP contribution in [0, 0.1) is 0 Å². The number of hydrogen-bond donors (Lipinski definition) is 1. The second-order valence-electron chi connectivity index (χ2n) is 7.43. The lowest BCUT2D eigenvalue weighted by Crippen LogP contribution is -2.33. The summed E-state index contributed by atoms with van der Waals surface area (Å²) in [6.07, 6.45) is 1.31. The van der Waals surface area contributed by atoms with Gasteiger partial charge in [-0.1, -0.05) is 37.6 Å². The van der Waals surface area contributed by atoms with Crippen molar-refractivity contribution in [1.82, 2.24) is 0 Å². The third kappa shape index (κ3) is 3.23. The van der Waals surface area contributed by atoms with Gasteiger partial charge in [0.2, 0.25) is 0 Å². The van der Waals surface area contributed by atoms with Gasteiger partial charge in [0.15, 0.2) is 0 Å². The Kier molecular flexibility index (Phi) is 5.18. The maximum atomic E-state index is 13.9. The molecule has 0 bridgehead atoms. The molecule has 1 aliphatic rings. The first-order chi connectivity index (χ1) is 14.8. The van der Waals surface area contributed by atoms with Gasteiger partial charge in [0.1, 0.15) is 0 Å². The van der Waals surface area contributed by atoms with E-state index < -0.39 is 16.0 Å². The molecule has 1 aliphatic heterocycles. The zero-order valence-electron chi connectivity index (χ0n) is 17.2. The average molecular weight is 439 g/mol. The number of carbonyl (C=O) groups is 2. The first kappa shape index (κ1) is 20.9. The molecule has 0 saturated carbocycles. The first-order valence-corrected chi connectivity index (χ1v) is 11.4. The molecule has 160 valence electrons. The second-order valence-corrected chi connectivity index (χ2v) is 9.26. The molecule has 0 spiro atoms. The van der Waals surface area contributed by atoms with Crippen LogP contribution in [0.4, 0.5) is 11.4 Å². The van der Waals surface area contributed by atoms with Gasteiger partial charge in [-0.25, -0.2) is 13.2 Å². The number of carboxylic acids is 1. The monoisotopic (exact) mass is 438 g/mol. The molecule has 3 aromatic carbocycles. The SMILES string of the molecule is CCCCN(c1ccccc1C(=O)O)S(=O)(=O)c1ccc2c3c(cccc13)C(=O)N2C. The number of carboxylic acid groups (broad SMARTS) is 1. The summed E-state index contributed by atoms with van der Waals surface area (Å²) in [5.41, 5.74) is 1.15. The molecule has 0 saturated heterocycles. The highest BCUT2D eigenvalue weighted by molar-refractivity contribution is 7.93. The van der Waals surface area contributed by atoms with Crippen molar-refractivity contribution in [3.8, 4) is 0 Å². The number of benzene rings is 3. The molecule has 0 aromatic heterocycles. The summed E-state index contributed by atoms with van der Waals surface area (Å²) in [5, 5.41) is 10.7. The Bertz CT molecular complexity index is 1320. The third-order valence-electron chi connectivity index (χ3n) is 5.56. The predicted molar refractivity (Wildman–Crippen MR) is 120 cm³/mol. The van der Waals surface area contributed by atoms with Gasteiger partial charge in [0.05, 0.1) is 21.8 Å². The fraction of sp³-hybridized carbons (Fsp3) is 0.217. The molecule has 31 heavy (non-hydrogen) atoms. The molecule has 8 heteroatoms. The molecule has 1 N–H and O–H groups in total. The van der Waals surface area contributed by atoms with Crippen LogP contribution < -0.4 is 9.21 Å². The first-order valence-electron chi connectivity index (χ1n) is 9.98. The fourth-order valence-corrected chi connectivity index (χ4v) is 5.71. The zero-order chi connectivity index (χ0) is 22.3. The van der Waals surface area contributed by atoms with Crippen LogP contribution in [0.5, 0.6) is 0 Å². The topological polar surface area (TPSA) is 95.0 Å². The lowest BCUT2D eigenvalue weighted by atomic mass is 10.1. The van der Waals surface area contributed by atoms with E-state index in [-0.39, 0.29) is 28.6 Å². The molecule has 1 amide bonds. The van der Waals surface area contributed by atoms with Crippen molar-refractivity contribution >= 4 is 44.0 Å². The summed E-state index contributed by atoms with van der Waals surface area (Å²) in [6.45, 7) is 2.08. The van der Waals surface area contributed by atoms with E-state index in [1.165, 1.54) is 27.4 Å². The van der Waals surface area contributed by atoms with Crippen LogP contribution in [0.15, 0.2) is 59.5 Å². The summed E-state index contributed by atoms with van der Waals surface area (Å²) >= 11 is 0. The van der Waals surface area contributed by atoms with Crippen molar-refractivity contribution in [1.29, 1.82) is 0 Å². The minimum atomic E-state index is -4.11. The summed E-state index contributed by atoms with van der Waals surface area (Å²) in [6, 6.07) is 14.3. The van der Waals surface area contributed by atoms with Gasteiger partial charge in [-0.15, -0.1) is 0 Å². The largest absolute Gasteiger partial charge is 0.478 e. The second kappa shape index (κ2) is 7.70. The highest BCUT2D eigenvalue weighted by Gasteiger charge is 2.33. The van der Waals surface area contributed by atoms with E-state index in [0.29, 0.717) is 28.4 Å². The van der Waals surface area contributed by atoms with Gasteiger partial charge in [-0.05, 0) is 36.8 Å². The number of amides is 1. The number of hydrogen-bond acceptors (Lipinski definition) is 4. The summed E-state index contributed by atoms with van der Waals surface area (Å²) < 4.78 is 28.9. The Labute approximate surface area is 180 Å². The van der Waals surface area contributed by atoms with Crippen LogP contribution in [0.1, 0.15) is 40.5 Å². The van der Waals surface area contributed by atoms with Crippen LogP contribution in [0.3, 0.4) is 0 Å². The van der Waals surface area contributed by atoms with E-state index in [0.717, 1.165) is 6.42 Å². The molecular weight excluding hydrogens is 416 g/mol. The van der Waals surface area contributed by atoms with E-state index in [1.54, 1.807) is 43.4 Å². The number of rotatable bonds is 7. The fourth-order valence-electron chi connectivity index (χ4n) is 4.00. The van der Waals surface area contributed by atoms with Gasteiger partial charge in [-0.3, -0.25) is 9.10 Å². The maximum absolute atomic E-state index is 13.9. The van der Waals surface area contributed by atoms with E-state index in [1.807, 2.05) is 6.92 Å². The van der Waals surface area contributed by atoms with Crippen molar-refractivity contribution in [2.45, 2.75) is 24.7 Å². The van der Waals surface area contributed by atoms with Crippen molar-refractivity contribution in [2.24, 2.45) is 0 Å². The Balaban J connectivity index is 1.96. The van der Waals surface area contributed by atoms with Crippen LogP contribution in [0.25, 0.3) is 10.8 Å². The van der Waals surface area contributed by atoms with E-state index in [9.17, 15) is 23.1 Å². The van der Waals surface area contributed by atoms with Gasteiger partial charge < -0.3 is 10.0 Å². The number of para-hydroxylation sites is 1. The number of anilines is 2. The lowest BCUT2D eigenvalue weighted by Gasteiger charge is -2.26. The molecule has 4 rings (SSSR count). The number of carbonyl (C=O) groups excluding carboxylic acids is 1. The predicted octanol–water partition coefficient (Wildman–Crippen LogP) is 4.12. The van der Waals surface area contributed by atoms with E-state index in [2.05, 4.69) is 0 Å². The van der Waals surface area contributed by atoms with Crippen molar-refractivity contribution in [3.63, 3.8) is 0 Å². The van der Waals surface area contributed by atoms with Gasteiger partial charge in [0.25, 0.3) is 15.9 Å². The average Bonchev–Trinajstić information content (AvgIpc) is 3.01. The Morgan fingerprint density at radius 1 is 1.06 bits per heavy atom. The van der Waals surface area contributed by atoms with Crippen LogP contribution in [-0.2, 0) is 10.0 Å². The van der Waals surface area contributed by atoms with Crippen LogP contribution >= 0.6 is 0 Å². The Morgan fingerprint density at radius 3 is 2.52 bits per heavy atom. The Morgan fingerprint density at radius 2 is 1.81 bits per heavy atom. The normalized spacial score (nSPS) is 13.1. The molecule has 1 heterocycles. The van der Waals surface area contributed by atoms with E-state index in [4.69, 9.17) is 0 Å². The third-order valence-corrected chi connectivity index (χ3v) is 7.43. The Hall–Kier alpha value is -3.39. The molecule has 0 aliphatic carbocycles. The van der Waals surface area contributed by atoms with Crippen LogP contribution in [-0.4, -0.2) is 39.0 Å². The van der Waals surface area contributed by atoms with Gasteiger partial charge in [-0.2, -0.15) is 0 Å². The van der Waals surface area contributed by atoms with Gasteiger partial charge >= 0.3 is 5.97 Å². The van der Waals surface area contributed by atoms with Crippen molar-refractivity contribution in [2.75, 3.05) is 22.8 Å². The highest BCUT2D eigenvalue weighted by atomic mass is 32.2. The molecule has 0 radical (unpaired) electrons. The minimum absolute atomic E-state index is 0.0486. The smallest absolute Gasteiger partial charge is 0.337 e. The molecule has 7 nitrogen and oxygen atoms in total. The standard InChI is InChI=1S/C23H22N2O5S/c1-3-4-14-25(18-11-6-5-8-15(18)23(27)28)31(29,30)20-13-12-19-21-16(20)9-7-10-17(21)22(26)24(19)2/h5-13H,3-4,14H2,1-2H3,(H,27,28). The quantitative estimate of drug-likeness (QED) is 0.599. The maximum Gasteiger partial charge on any atom is 0.337 e. The molecule has 3 aromatic rings. The van der Waals surface area contributed by atoms with Crippen molar-refractivity contribution in [3.05, 3.63) is 65.7 Å². The number of nitrogens with zero attached hydrogens (tertiary/aromatic N) is 2. The summed E-state index contributed by atoms with van der Waals surface area (Å²) in [4.78, 5) is 25.9. The minimum Gasteiger partial charge on any atom is -0.478 e. The van der Waals surface area contributed by atoms with Crippen LogP contribution in [0.2, 0.25) is 0 Å². The lowest BCUT2D eigenvalue weighted by molar-refractivity contribution is 0.0697. The number of unbranched alkanes of at least 4 members (excludes halogenated alkanes) is 1. The highest BCUT2D eigenvalue weighted by Crippen LogP contribution is 2.40. The molecule has 0 unspecified atom stereocenters. The number of aromatic carboxylic acids is 1. The molecule has 0 fully saturated rings. The number of sulfonamides is 1. The summed E-state index contributed by atoms with van der Waals surface area (Å²) in [7, 11) is -2.45.